The van der Waals surface area contributed by atoms with Crippen LogP contribution in [-0.2, 0) is 11.0 Å². The molecule has 6 nitrogen and oxygen atoms in total. The summed E-state index contributed by atoms with van der Waals surface area (Å²) in [6, 6.07) is 8.15. The number of benzene rings is 1. The Morgan fingerprint density at radius 3 is 2.74 bits per heavy atom. The zero-order valence-electron chi connectivity index (χ0n) is 13.7. The number of carbonyl (C=O) groups is 1. The van der Waals surface area contributed by atoms with Gasteiger partial charge in [0.05, 0.1) is 17.8 Å². The molecule has 3 heterocycles. The minimum atomic E-state index is -4.51. The smallest absolute Gasteiger partial charge is 0.307 e. The molecule has 0 aliphatic carbocycles. The number of allylic oxidation sites excluding steroid dienone is 1. The van der Waals surface area contributed by atoms with E-state index in [1.807, 2.05) is 0 Å². The summed E-state index contributed by atoms with van der Waals surface area (Å²) < 4.78 is 41.2. The second-order valence-electron chi connectivity index (χ2n) is 5.81. The Morgan fingerprint density at radius 1 is 1.19 bits per heavy atom. The molecule has 0 bridgehead atoms. The van der Waals surface area contributed by atoms with Gasteiger partial charge < -0.3 is 5.32 Å². The summed E-state index contributed by atoms with van der Waals surface area (Å²) in [6.45, 7) is 0.281. The highest BCUT2D eigenvalue weighted by Gasteiger charge is 2.34. The number of nitrogens with zero attached hydrogens (tertiary/aromatic N) is 4. The van der Waals surface area contributed by atoms with E-state index < -0.39 is 11.7 Å². The predicted octanol–water partition coefficient (Wildman–Crippen LogP) is 3.36. The van der Waals surface area contributed by atoms with Crippen LogP contribution in [0.4, 0.5) is 19.0 Å². The average molecular weight is 371 g/mol. The maximum Gasteiger partial charge on any atom is 0.417 e. The molecule has 2 aromatic heterocycles. The van der Waals surface area contributed by atoms with E-state index in [4.69, 9.17) is 0 Å². The van der Waals surface area contributed by atoms with E-state index in [9.17, 15) is 18.0 Å². The topological polar surface area (TPSA) is 71.7 Å². The van der Waals surface area contributed by atoms with Gasteiger partial charge in [0.2, 0.25) is 0 Å². The number of nitrogens with one attached hydrogen (secondary N) is 1. The molecule has 3 aromatic rings. The van der Waals surface area contributed by atoms with Crippen LogP contribution in [0.1, 0.15) is 5.56 Å². The molecule has 1 aliphatic heterocycles. The lowest BCUT2D eigenvalue weighted by Gasteiger charge is -2.10. The monoisotopic (exact) mass is 371 g/mol. The normalized spacial score (nSPS) is 13.8. The number of alkyl halides is 3. The summed E-state index contributed by atoms with van der Waals surface area (Å²) in [5, 5.41) is 6.91. The van der Waals surface area contributed by atoms with Gasteiger partial charge in [-0.15, -0.1) is 0 Å². The molecule has 1 amide bonds. The number of rotatable bonds is 3. The maximum absolute atomic E-state index is 13.3. The van der Waals surface area contributed by atoms with Crippen LogP contribution in [0.3, 0.4) is 0 Å². The van der Waals surface area contributed by atoms with Gasteiger partial charge in [0, 0.05) is 29.6 Å². The zero-order chi connectivity index (χ0) is 19.0. The number of fused-ring (bicyclic) bond motifs is 1. The molecule has 1 aromatic carbocycles. The van der Waals surface area contributed by atoms with Crippen molar-refractivity contribution in [2.45, 2.75) is 6.18 Å². The number of anilines is 1. The van der Waals surface area contributed by atoms with Crippen molar-refractivity contribution >= 4 is 23.6 Å². The van der Waals surface area contributed by atoms with E-state index in [0.29, 0.717) is 17.0 Å². The summed E-state index contributed by atoms with van der Waals surface area (Å²) >= 11 is 0. The van der Waals surface area contributed by atoms with Gasteiger partial charge in [0.15, 0.2) is 5.65 Å². The standard InChI is InChI=1S/C18H12F3N5O/c19-18(20,21)13-4-2-1-3-12(13)14-9-16-23-8-6-15(26(16)25-14)24-17(27)11-5-7-22-10-11/h1-9H,10H2,(H,24,27). The van der Waals surface area contributed by atoms with Crippen LogP contribution >= 0.6 is 0 Å². The molecule has 0 saturated carbocycles. The highest BCUT2D eigenvalue weighted by molar-refractivity contribution is 6.07. The summed E-state index contributed by atoms with van der Waals surface area (Å²) in [7, 11) is 0. The van der Waals surface area contributed by atoms with Gasteiger partial charge in [0.25, 0.3) is 5.91 Å². The van der Waals surface area contributed by atoms with E-state index in [0.717, 1.165) is 6.07 Å². The number of hydrogen-bond donors (Lipinski definition) is 1. The van der Waals surface area contributed by atoms with Gasteiger partial charge in [0.1, 0.15) is 5.82 Å². The van der Waals surface area contributed by atoms with Crippen molar-refractivity contribution in [1.29, 1.82) is 0 Å². The lowest BCUT2D eigenvalue weighted by atomic mass is 10.0. The van der Waals surface area contributed by atoms with Crippen LogP contribution < -0.4 is 5.32 Å². The van der Waals surface area contributed by atoms with Crippen molar-refractivity contribution in [2.24, 2.45) is 4.99 Å². The third-order valence-corrected chi connectivity index (χ3v) is 4.04. The van der Waals surface area contributed by atoms with Crippen molar-refractivity contribution in [3.63, 3.8) is 0 Å². The molecule has 0 radical (unpaired) electrons. The summed E-state index contributed by atoms with van der Waals surface area (Å²) in [5.74, 6) is -0.0544. The number of hydrogen-bond acceptors (Lipinski definition) is 4. The largest absolute Gasteiger partial charge is 0.417 e. The third-order valence-electron chi connectivity index (χ3n) is 4.04. The Kier molecular flexibility index (Phi) is 3.98. The van der Waals surface area contributed by atoms with Crippen LogP contribution in [-0.4, -0.2) is 33.3 Å². The van der Waals surface area contributed by atoms with Gasteiger partial charge in [-0.05, 0) is 18.2 Å². The van der Waals surface area contributed by atoms with Gasteiger partial charge in [-0.2, -0.15) is 22.8 Å². The van der Waals surface area contributed by atoms with E-state index in [-0.39, 0.29) is 23.7 Å². The van der Waals surface area contributed by atoms with Crippen LogP contribution in [0.5, 0.6) is 0 Å². The first kappa shape index (κ1) is 17.0. The second kappa shape index (κ2) is 6.35. The first-order valence-corrected chi connectivity index (χ1v) is 7.95. The molecule has 0 atom stereocenters. The predicted molar refractivity (Wildman–Crippen MR) is 93.5 cm³/mol. The van der Waals surface area contributed by atoms with Crippen molar-refractivity contribution in [3.05, 3.63) is 59.8 Å². The summed E-state index contributed by atoms with van der Waals surface area (Å²) in [5.41, 5.74) is 0.0682. The Labute approximate surface area is 151 Å². The van der Waals surface area contributed by atoms with Crippen molar-refractivity contribution in [2.75, 3.05) is 11.9 Å². The SMILES string of the molecule is O=C(Nc1ccnc2cc(-c3ccccc3C(F)(F)F)nn12)C1=CC=NC1. The van der Waals surface area contributed by atoms with Gasteiger partial charge >= 0.3 is 6.18 Å². The first-order chi connectivity index (χ1) is 12.9. The number of carbonyl (C=O) groups excluding carboxylic acids is 1. The van der Waals surface area contributed by atoms with E-state index in [2.05, 4.69) is 20.4 Å². The Hall–Kier alpha value is -3.49. The zero-order valence-corrected chi connectivity index (χ0v) is 13.7. The van der Waals surface area contributed by atoms with Crippen LogP contribution in [0.15, 0.2) is 59.2 Å². The van der Waals surface area contributed by atoms with Crippen molar-refractivity contribution in [3.8, 4) is 11.3 Å². The number of amides is 1. The molecular weight excluding hydrogens is 359 g/mol. The van der Waals surface area contributed by atoms with E-state index >= 15 is 0 Å². The number of aromatic nitrogens is 3. The number of halogens is 3. The Balaban J connectivity index is 1.75. The van der Waals surface area contributed by atoms with Crippen molar-refractivity contribution in [1.82, 2.24) is 14.6 Å². The minimum absolute atomic E-state index is 0.0559. The van der Waals surface area contributed by atoms with Crippen LogP contribution in [0, 0.1) is 0 Å². The molecule has 0 saturated heterocycles. The van der Waals surface area contributed by atoms with Crippen LogP contribution in [0.25, 0.3) is 16.9 Å². The fourth-order valence-corrected chi connectivity index (χ4v) is 2.77. The molecule has 0 spiro atoms. The number of aliphatic imine (C=N–C) groups is 1. The summed E-state index contributed by atoms with van der Waals surface area (Å²) in [4.78, 5) is 20.3. The average Bonchev–Trinajstić information content (AvgIpc) is 3.31. The fourth-order valence-electron chi connectivity index (χ4n) is 2.77. The fraction of sp³-hybridized carbons (Fsp3) is 0.111. The first-order valence-electron chi connectivity index (χ1n) is 7.95. The molecule has 9 heteroatoms. The molecule has 0 unspecified atom stereocenters. The lowest BCUT2D eigenvalue weighted by Crippen LogP contribution is -2.17. The summed E-state index contributed by atoms with van der Waals surface area (Å²) in [6.07, 6.45) is 0.0797. The molecular formula is C18H12F3N5O. The van der Waals surface area contributed by atoms with Gasteiger partial charge in [-0.25, -0.2) is 4.98 Å². The molecule has 1 aliphatic rings. The lowest BCUT2D eigenvalue weighted by molar-refractivity contribution is -0.137. The molecule has 1 N–H and O–H groups in total. The van der Waals surface area contributed by atoms with Gasteiger partial charge in [-0.3, -0.25) is 9.79 Å². The molecule has 4 rings (SSSR count). The molecule has 27 heavy (non-hydrogen) atoms. The van der Waals surface area contributed by atoms with E-state index in [1.54, 1.807) is 6.08 Å². The second-order valence-corrected chi connectivity index (χ2v) is 5.81. The molecule has 136 valence electrons. The third kappa shape index (κ3) is 3.19. The quantitative estimate of drug-likeness (QED) is 0.767. The van der Waals surface area contributed by atoms with Crippen molar-refractivity contribution < 1.29 is 18.0 Å². The van der Waals surface area contributed by atoms with Gasteiger partial charge in [-0.1, -0.05) is 18.2 Å². The maximum atomic E-state index is 13.3. The van der Waals surface area contributed by atoms with E-state index in [1.165, 1.54) is 47.3 Å². The highest BCUT2D eigenvalue weighted by Crippen LogP contribution is 2.36. The Bertz CT molecular complexity index is 1100. The Morgan fingerprint density at radius 2 is 2.00 bits per heavy atom. The molecule has 0 fully saturated rings. The minimum Gasteiger partial charge on any atom is -0.307 e. The highest BCUT2D eigenvalue weighted by atomic mass is 19.4. The van der Waals surface area contributed by atoms with Crippen LogP contribution in [0.2, 0.25) is 0 Å².